The van der Waals surface area contributed by atoms with Gasteiger partial charge in [-0.2, -0.15) is 0 Å². The summed E-state index contributed by atoms with van der Waals surface area (Å²) in [6.07, 6.45) is 0.873. The first-order valence-electron chi connectivity index (χ1n) is 7.16. The summed E-state index contributed by atoms with van der Waals surface area (Å²) >= 11 is 3.46. The molecule has 2 aromatic rings. The van der Waals surface area contributed by atoms with Crippen molar-refractivity contribution in [3.8, 4) is 0 Å². The Morgan fingerprint density at radius 1 is 1.23 bits per heavy atom. The number of amides is 1. The molecule has 0 aliphatic heterocycles. The second-order valence-corrected chi connectivity index (χ2v) is 6.51. The van der Waals surface area contributed by atoms with Crippen molar-refractivity contribution in [3.63, 3.8) is 0 Å². The molecule has 1 aromatic heterocycles. The number of anilines is 1. The standard InChI is InChI=1S/C16H17BrN4O/c1-9-6-10(2)19-16(18-9)21-20-15(22)14-8-13(14)11-4-3-5-12(17)7-11/h3-7,13-14H,8H2,1-2H3,(H,20,22)(H,18,19,21)/t13-,14+/m0/s1. The maximum absolute atomic E-state index is 12.2. The van der Waals surface area contributed by atoms with Crippen molar-refractivity contribution >= 4 is 27.8 Å². The lowest BCUT2D eigenvalue weighted by Crippen LogP contribution is -2.32. The second kappa shape index (κ2) is 6.04. The summed E-state index contributed by atoms with van der Waals surface area (Å²) in [5.74, 6) is 0.699. The zero-order valence-electron chi connectivity index (χ0n) is 12.4. The highest BCUT2D eigenvalue weighted by Crippen LogP contribution is 2.47. The van der Waals surface area contributed by atoms with Crippen LogP contribution in [0.5, 0.6) is 0 Å². The highest BCUT2D eigenvalue weighted by Gasteiger charge is 2.44. The summed E-state index contributed by atoms with van der Waals surface area (Å²) in [6.45, 7) is 3.79. The van der Waals surface area contributed by atoms with Gasteiger partial charge in [0.05, 0.1) is 0 Å². The van der Waals surface area contributed by atoms with Crippen LogP contribution in [0.25, 0.3) is 0 Å². The molecule has 1 aliphatic rings. The van der Waals surface area contributed by atoms with Crippen molar-refractivity contribution in [2.75, 3.05) is 5.43 Å². The Kier molecular flexibility index (Phi) is 4.11. The van der Waals surface area contributed by atoms with Gasteiger partial charge in [0.1, 0.15) is 0 Å². The molecule has 0 saturated heterocycles. The predicted octanol–water partition coefficient (Wildman–Crippen LogP) is 3.10. The van der Waals surface area contributed by atoms with Crippen LogP contribution in [0.3, 0.4) is 0 Å². The largest absolute Gasteiger partial charge is 0.273 e. The van der Waals surface area contributed by atoms with Crippen LogP contribution < -0.4 is 10.9 Å². The van der Waals surface area contributed by atoms with Crippen LogP contribution in [0.2, 0.25) is 0 Å². The fourth-order valence-corrected chi connectivity index (χ4v) is 3.00. The van der Waals surface area contributed by atoms with Gasteiger partial charge in [-0.25, -0.2) is 9.97 Å². The summed E-state index contributed by atoms with van der Waals surface area (Å²) < 4.78 is 1.04. The number of aromatic nitrogens is 2. The maximum Gasteiger partial charge on any atom is 0.242 e. The number of benzene rings is 1. The van der Waals surface area contributed by atoms with Crippen LogP contribution in [-0.2, 0) is 4.79 Å². The van der Waals surface area contributed by atoms with Gasteiger partial charge < -0.3 is 0 Å². The molecular weight excluding hydrogens is 344 g/mol. The molecule has 1 fully saturated rings. The number of carbonyl (C=O) groups excluding carboxylic acids is 1. The summed E-state index contributed by atoms with van der Waals surface area (Å²) in [5.41, 5.74) is 8.42. The number of hydrogen-bond donors (Lipinski definition) is 2. The molecule has 1 saturated carbocycles. The van der Waals surface area contributed by atoms with E-state index in [1.807, 2.05) is 32.0 Å². The number of aryl methyl sites for hydroxylation is 2. The van der Waals surface area contributed by atoms with Crippen molar-refractivity contribution in [3.05, 3.63) is 51.8 Å². The Morgan fingerprint density at radius 3 is 2.64 bits per heavy atom. The molecule has 2 atom stereocenters. The van der Waals surface area contributed by atoms with Crippen LogP contribution in [0.15, 0.2) is 34.8 Å². The van der Waals surface area contributed by atoms with Crippen molar-refractivity contribution in [1.82, 2.24) is 15.4 Å². The number of nitrogens with zero attached hydrogens (tertiary/aromatic N) is 2. The monoisotopic (exact) mass is 360 g/mol. The third kappa shape index (κ3) is 3.44. The van der Waals surface area contributed by atoms with E-state index in [0.717, 1.165) is 22.3 Å². The lowest BCUT2D eigenvalue weighted by Gasteiger charge is -2.08. The van der Waals surface area contributed by atoms with Gasteiger partial charge in [0.25, 0.3) is 0 Å². The lowest BCUT2D eigenvalue weighted by molar-refractivity contribution is -0.121. The molecule has 1 aromatic carbocycles. The number of rotatable bonds is 4. The maximum atomic E-state index is 12.2. The molecule has 0 unspecified atom stereocenters. The van der Waals surface area contributed by atoms with E-state index in [2.05, 4.69) is 48.9 Å². The smallest absolute Gasteiger partial charge is 0.242 e. The number of nitrogens with one attached hydrogen (secondary N) is 2. The van der Waals surface area contributed by atoms with E-state index in [0.29, 0.717) is 11.9 Å². The van der Waals surface area contributed by atoms with Gasteiger partial charge in [-0.1, -0.05) is 28.1 Å². The van der Waals surface area contributed by atoms with Gasteiger partial charge in [-0.15, -0.1) is 0 Å². The Balaban J connectivity index is 1.57. The van der Waals surface area contributed by atoms with Crippen LogP contribution >= 0.6 is 15.9 Å². The summed E-state index contributed by atoms with van der Waals surface area (Å²) in [5, 5.41) is 0. The summed E-state index contributed by atoms with van der Waals surface area (Å²) in [6, 6.07) is 9.99. The predicted molar refractivity (Wildman–Crippen MR) is 88.3 cm³/mol. The molecule has 0 spiro atoms. The van der Waals surface area contributed by atoms with E-state index in [1.54, 1.807) is 0 Å². The van der Waals surface area contributed by atoms with E-state index < -0.39 is 0 Å². The molecule has 3 rings (SSSR count). The van der Waals surface area contributed by atoms with Crippen LogP contribution in [0, 0.1) is 19.8 Å². The topological polar surface area (TPSA) is 66.9 Å². The van der Waals surface area contributed by atoms with Crippen molar-refractivity contribution in [2.24, 2.45) is 5.92 Å². The second-order valence-electron chi connectivity index (χ2n) is 5.59. The molecular formula is C16H17BrN4O. The zero-order valence-corrected chi connectivity index (χ0v) is 14.0. The third-order valence-electron chi connectivity index (χ3n) is 3.68. The first-order chi connectivity index (χ1) is 10.5. The number of hydrazine groups is 1. The van der Waals surface area contributed by atoms with Crippen molar-refractivity contribution in [2.45, 2.75) is 26.2 Å². The summed E-state index contributed by atoms with van der Waals surface area (Å²) in [7, 11) is 0. The first kappa shape index (κ1) is 15.0. The Labute approximate surface area is 137 Å². The fourth-order valence-electron chi connectivity index (χ4n) is 2.58. The third-order valence-corrected chi connectivity index (χ3v) is 4.18. The lowest BCUT2D eigenvalue weighted by atomic mass is 10.1. The minimum absolute atomic E-state index is 0.00714. The van der Waals surface area contributed by atoms with E-state index in [-0.39, 0.29) is 11.8 Å². The zero-order chi connectivity index (χ0) is 15.7. The highest BCUT2D eigenvalue weighted by atomic mass is 79.9. The SMILES string of the molecule is Cc1cc(C)nc(NNC(=O)[C@@H]2C[C@H]2c2cccc(Br)c2)n1. The van der Waals surface area contributed by atoms with E-state index >= 15 is 0 Å². The Hall–Kier alpha value is -1.95. The van der Waals surface area contributed by atoms with Crippen LogP contribution in [-0.4, -0.2) is 15.9 Å². The molecule has 5 nitrogen and oxygen atoms in total. The van der Waals surface area contributed by atoms with Crippen molar-refractivity contribution in [1.29, 1.82) is 0 Å². The quantitative estimate of drug-likeness (QED) is 0.822. The average Bonchev–Trinajstić information content (AvgIpc) is 3.24. The van der Waals surface area contributed by atoms with E-state index in [9.17, 15) is 4.79 Å². The molecule has 0 bridgehead atoms. The highest BCUT2D eigenvalue weighted by molar-refractivity contribution is 9.10. The van der Waals surface area contributed by atoms with Crippen LogP contribution in [0.1, 0.15) is 29.3 Å². The minimum Gasteiger partial charge on any atom is -0.273 e. The molecule has 0 radical (unpaired) electrons. The number of carbonyl (C=O) groups is 1. The summed E-state index contributed by atoms with van der Waals surface area (Å²) in [4.78, 5) is 20.6. The molecule has 1 aliphatic carbocycles. The van der Waals surface area contributed by atoms with Crippen LogP contribution in [0.4, 0.5) is 5.95 Å². The first-order valence-corrected chi connectivity index (χ1v) is 7.96. The molecule has 2 N–H and O–H groups in total. The van der Waals surface area contributed by atoms with E-state index in [1.165, 1.54) is 5.56 Å². The van der Waals surface area contributed by atoms with Crippen molar-refractivity contribution < 1.29 is 4.79 Å². The van der Waals surface area contributed by atoms with Gasteiger partial charge in [-0.3, -0.25) is 15.6 Å². The average molecular weight is 361 g/mol. The van der Waals surface area contributed by atoms with Gasteiger partial charge in [0.15, 0.2) is 0 Å². The molecule has 6 heteroatoms. The Morgan fingerprint density at radius 2 is 1.95 bits per heavy atom. The fraction of sp³-hybridized carbons (Fsp3) is 0.312. The van der Waals surface area contributed by atoms with Gasteiger partial charge in [0, 0.05) is 21.8 Å². The van der Waals surface area contributed by atoms with Gasteiger partial charge in [0.2, 0.25) is 11.9 Å². The Bertz CT molecular complexity index is 699. The normalized spacial score (nSPS) is 19.6. The minimum atomic E-state index is -0.0206. The number of halogens is 1. The molecule has 114 valence electrons. The van der Waals surface area contributed by atoms with Gasteiger partial charge >= 0.3 is 0 Å². The number of hydrogen-bond acceptors (Lipinski definition) is 4. The van der Waals surface area contributed by atoms with E-state index in [4.69, 9.17) is 0 Å². The van der Waals surface area contributed by atoms with Gasteiger partial charge in [-0.05, 0) is 49.9 Å². The molecule has 1 amide bonds. The molecule has 1 heterocycles. The molecule has 22 heavy (non-hydrogen) atoms.